The molecular formula is C70H88N26O42P6. The first-order chi connectivity index (χ1) is 68.0. The quantitative estimate of drug-likeness (QED) is 0.0167. The molecule has 0 bridgehead atoms. The first-order valence-electron chi connectivity index (χ1n) is 42.9. The van der Waals surface area contributed by atoms with Gasteiger partial charge in [-0.1, -0.05) is 0 Å². The number of hydrogen-bond acceptors (Lipinski definition) is 49. The van der Waals surface area contributed by atoms with E-state index in [9.17, 15) is 110 Å². The molecule has 7 aliphatic heterocycles. The number of anilines is 4. The first kappa shape index (κ1) is 103. The van der Waals surface area contributed by atoms with Crippen LogP contribution in [-0.4, -0.2) is 278 Å². The molecule has 18 heterocycles. The van der Waals surface area contributed by atoms with Crippen LogP contribution >= 0.6 is 46.9 Å². The minimum atomic E-state index is -5.77. The Morgan fingerprint density at radius 1 is 0.326 bits per heavy atom. The van der Waals surface area contributed by atoms with E-state index in [0.717, 1.165) is 60.4 Å². The van der Waals surface area contributed by atoms with Crippen LogP contribution in [0.4, 0.5) is 23.7 Å². The number of aromatic nitrogens is 22. The molecule has 0 spiro atoms. The van der Waals surface area contributed by atoms with Gasteiger partial charge in [-0.15, -0.1) is 0 Å². The largest absolute Gasteiger partial charge is 0.472 e. The molecule has 11 aromatic rings. The summed E-state index contributed by atoms with van der Waals surface area (Å²) in [6.07, 6.45) is -28.1. The number of aliphatic hydroxyl groups excluding tert-OH is 2. The first-order valence-corrected chi connectivity index (χ1v) is 51.9. The van der Waals surface area contributed by atoms with Crippen LogP contribution in [0.1, 0.15) is 105 Å². The molecule has 6 unspecified atom stereocenters. The van der Waals surface area contributed by atoms with Gasteiger partial charge in [-0.3, -0.25) is 145 Å². The maximum Gasteiger partial charge on any atom is 0.472 e. The molecule has 0 saturated carbocycles. The van der Waals surface area contributed by atoms with Crippen LogP contribution < -0.4 is 73.4 Å². The van der Waals surface area contributed by atoms with Crippen molar-refractivity contribution in [3.63, 3.8) is 0 Å². The number of phosphoric acid groups is 6. The molecule has 27 atom stereocenters. The average Bonchev–Trinajstić information content (AvgIpc) is 1.63. The molecule has 22 N–H and O–H groups in total. The Hall–Kier alpha value is -10.9. The van der Waals surface area contributed by atoms with E-state index in [4.69, 9.17) is 110 Å². The topological polar surface area (TPSA) is 943 Å². The number of aromatic amines is 6. The minimum Gasteiger partial charge on any atom is -0.394 e. The summed E-state index contributed by atoms with van der Waals surface area (Å²) in [5, 5.41) is 21.3. The molecule has 74 heteroatoms. The Balaban J connectivity index is 0.562. The minimum absolute atomic E-state index is 0.0460. The van der Waals surface area contributed by atoms with Crippen molar-refractivity contribution in [2.75, 3.05) is 69.2 Å². The zero-order valence-corrected chi connectivity index (χ0v) is 79.6. The van der Waals surface area contributed by atoms with Crippen molar-refractivity contribution in [1.29, 1.82) is 0 Å². The normalized spacial score (nSPS) is 29.3. The molecule has 7 saturated heterocycles. The maximum absolute atomic E-state index is 14.7. The van der Waals surface area contributed by atoms with E-state index in [1.165, 1.54) is 42.6 Å². The highest BCUT2D eigenvalue weighted by molar-refractivity contribution is 7.48. The number of nitrogens with one attached hydrogen (secondary N) is 6. The van der Waals surface area contributed by atoms with Gasteiger partial charge in [-0.2, -0.15) is 15.0 Å². The van der Waals surface area contributed by atoms with Crippen molar-refractivity contribution in [2.24, 2.45) is 0 Å². The van der Waals surface area contributed by atoms with Gasteiger partial charge in [0.2, 0.25) is 17.8 Å². The summed E-state index contributed by atoms with van der Waals surface area (Å²) >= 11 is 0. The van der Waals surface area contributed by atoms with Crippen LogP contribution in [0.5, 0.6) is 0 Å². The number of rotatable bonds is 38. The van der Waals surface area contributed by atoms with E-state index in [1.54, 1.807) is 0 Å². The monoisotopic (exact) mass is 2150 g/mol. The molecule has 0 aliphatic carbocycles. The van der Waals surface area contributed by atoms with Crippen LogP contribution in [0.3, 0.4) is 0 Å². The van der Waals surface area contributed by atoms with Crippen LogP contribution in [0.2, 0.25) is 0 Å². The number of nitrogen functional groups attached to an aromatic ring is 4. The van der Waals surface area contributed by atoms with Crippen molar-refractivity contribution < 1.29 is 154 Å². The van der Waals surface area contributed by atoms with Gasteiger partial charge in [0.05, 0.1) is 77.7 Å². The summed E-state index contributed by atoms with van der Waals surface area (Å²) in [6, 6.07) is 0. The Bertz CT molecular complexity index is 7670. The lowest BCUT2D eigenvalue weighted by molar-refractivity contribution is -0.0652. The lowest BCUT2D eigenvalue weighted by Gasteiger charge is -2.26. The average molecular weight is 2150 g/mol. The number of aryl methyl sites for hydroxylation is 3. The lowest BCUT2D eigenvalue weighted by atomic mass is 10.2. The van der Waals surface area contributed by atoms with E-state index >= 15 is 0 Å². The smallest absolute Gasteiger partial charge is 0.394 e. The third-order valence-electron chi connectivity index (χ3n) is 23.8. The molecule has 7 fully saturated rings. The summed E-state index contributed by atoms with van der Waals surface area (Å²) in [4.78, 5) is 235. The Labute approximate surface area is 797 Å². The number of nitrogens with zero attached hydrogens (tertiary/aromatic N) is 16. The lowest BCUT2D eigenvalue weighted by Crippen LogP contribution is -2.33. The summed E-state index contributed by atoms with van der Waals surface area (Å²) in [6.45, 7) is -3.48. The standard InChI is InChI=1S/C70H88N26O42P6/c1-26-11-90(68(105)87-59(26)99)44-5-30(36(14-97)126-44)133-140(110,111)121-18-40-34(9-48(130-40)95-24-79-52-57(95)82-66(73)85-63(52)103)137-143(116,117)122-16-38-32(7-46(128-38)92-13-28(3)61(101)89-70(92)107)135-142(114,115)125-20-42-35(10-49(132-42)96-25-80-53-58(96)83-67(74)86-64(53)104)138-144(118,119)123-17-39-31(6-45(129-39)91-12-27(2)60(100)88-69(91)106)134-141(112,113)124-19-41-33(8-47(131-41)94-23-78-51-56(94)81-65(72)84-62(51)102)136-139(108,109)120-15-37-29(98)4-43(127-37)93-22-77-50-54(71)75-21-76-55(50)93/h11-13,21-25,29-49,97-98H,4-10,14-20H2,1-3H3,(H,108,109)(H,110,111)(H,112,113)(H,114,115)(H,116,117)(H,118,119)(H2,71,75,76)(H,87,99,105)(H,88,100,106)(H,89,101,107)(H3,72,81,84,102)(H3,73,82,85,103)(H3,74,83,86,104)/t29-,30-,31-,32-,33-,34-,35-,36+,37+,38+,39+,40+,41+,42+,43+,44+,45+,46+,47+,48+,49+/m0/s1. The molecule has 0 aromatic carbocycles. The zero-order valence-electron chi connectivity index (χ0n) is 74.2. The summed E-state index contributed by atoms with van der Waals surface area (Å²) in [5.41, 5.74) is 14.4. The van der Waals surface area contributed by atoms with Crippen LogP contribution in [0, 0.1) is 20.8 Å². The summed E-state index contributed by atoms with van der Waals surface area (Å²) in [5.74, 6) is -1.18. The SMILES string of the molecule is Cc1cn([C@H]2C[C@H](OP(=O)(O)OC[C@H]3O[C@@H](n4cnc5c(=O)[nH]c(N)nc54)C[C@@H]3OP(=O)(O)OC[C@H]3O[C@@H](n4cc(C)c(=O)[nH]c4=O)C[C@@H]3OP(=O)(O)OC[C@H]3O[C@@H](n4cnc5c(=O)[nH]c(N)nc54)C[C@@H]3OP(=O)(O)OC[C@H]3O[C@@H](n4cc(C)c(=O)[nH]c4=O)C[C@@H]3OP(=O)(O)OC[C@H]3O[C@@H](n4cnc5c(=O)[nH]c(N)nc54)C[C@@H]3OP(=O)(O)OC[C@H]3O[C@@H](n4cnc5c(N)ncnc54)C[C@@H]3O)[C@@H](CO)O2)c(=O)[nH]c1=O. The van der Waals surface area contributed by atoms with Crippen molar-refractivity contribution in [1.82, 2.24) is 107 Å². The number of H-pyrrole nitrogens is 6. The van der Waals surface area contributed by atoms with Gasteiger partial charge in [0.25, 0.3) is 33.4 Å². The van der Waals surface area contributed by atoms with Gasteiger partial charge in [-0.25, -0.2) is 71.7 Å². The van der Waals surface area contributed by atoms with Crippen molar-refractivity contribution in [2.45, 2.75) is 195 Å². The third-order valence-corrected chi connectivity index (χ3v) is 29.9. The predicted molar refractivity (Wildman–Crippen MR) is 472 cm³/mol. The molecule has 0 amide bonds. The van der Waals surface area contributed by atoms with Gasteiger partial charge in [0.1, 0.15) is 135 Å². The number of fused-ring (bicyclic) bond motifs is 4. The number of nitrogens with two attached hydrogens (primary N) is 4. The fourth-order valence-corrected chi connectivity index (χ4v) is 22.8. The van der Waals surface area contributed by atoms with Gasteiger partial charge >= 0.3 is 64.0 Å². The van der Waals surface area contributed by atoms with E-state index in [-0.39, 0.29) is 86.0 Å². The molecule has 11 aromatic heterocycles. The molecule has 780 valence electrons. The Morgan fingerprint density at radius 3 is 0.861 bits per heavy atom. The summed E-state index contributed by atoms with van der Waals surface area (Å²) < 4.78 is 203. The number of ether oxygens (including phenoxy) is 7. The number of phosphoric ester groups is 6. The Kier molecular flexibility index (Phi) is 28.9. The Morgan fingerprint density at radius 2 is 0.569 bits per heavy atom. The fourth-order valence-electron chi connectivity index (χ4n) is 17.0. The van der Waals surface area contributed by atoms with Crippen LogP contribution in [0.15, 0.2) is 93.4 Å². The second-order valence-electron chi connectivity index (χ2n) is 33.6. The van der Waals surface area contributed by atoms with E-state index in [0.29, 0.717) is 0 Å². The third kappa shape index (κ3) is 22.4. The molecule has 68 nitrogen and oxygen atoms in total. The highest BCUT2D eigenvalue weighted by Crippen LogP contribution is 2.58. The van der Waals surface area contributed by atoms with E-state index < -0.39 is 317 Å². The van der Waals surface area contributed by atoms with E-state index in [1.807, 2.05) is 0 Å². The zero-order chi connectivity index (χ0) is 103. The second kappa shape index (κ2) is 40.4. The number of imidazole rings is 4. The number of hydrogen-bond donors (Lipinski definition) is 18. The molecule has 144 heavy (non-hydrogen) atoms. The summed E-state index contributed by atoms with van der Waals surface area (Å²) in [7, 11) is -33.6. The van der Waals surface area contributed by atoms with Gasteiger partial charge in [0.15, 0.2) is 45.0 Å². The fraction of sp³-hybridized carbons (Fsp3) is 0.543. The van der Waals surface area contributed by atoms with Crippen molar-refractivity contribution >= 4 is 115 Å². The molecule has 7 aliphatic rings. The molecule has 18 rings (SSSR count). The van der Waals surface area contributed by atoms with Crippen LogP contribution in [-0.2, 0) is 115 Å². The number of aliphatic hydroxyl groups is 2. The molecule has 0 radical (unpaired) electrons. The molecular weight excluding hydrogens is 2060 g/mol. The highest BCUT2D eigenvalue weighted by atomic mass is 31.2. The van der Waals surface area contributed by atoms with Crippen LogP contribution in [0.25, 0.3) is 44.7 Å². The second-order valence-corrected chi connectivity index (χ2v) is 42.0. The van der Waals surface area contributed by atoms with Gasteiger partial charge in [0, 0.05) is 80.2 Å². The predicted octanol–water partition coefficient (Wildman–Crippen LogP) is -3.49. The van der Waals surface area contributed by atoms with Gasteiger partial charge < -0.3 is 95.7 Å². The van der Waals surface area contributed by atoms with Gasteiger partial charge in [-0.05, 0) is 20.8 Å². The van der Waals surface area contributed by atoms with E-state index in [2.05, 4.69) is 74.8 Å². The van der Waals surface area contributed by atoms with Crippen molar-refractivity contribution in [3.8, 4) is 0 Å². The maximum atomic E-state index is 14.7. The van der Waals surface area contributed by atoms with Crippen molar-refractivity contribution in [3.05, 3.63) is 160 Å². The highest BCUT2D eigenvalue weighted by Gasteiger charge is 2.53.